The van der Waals surface area contributed by atoms with Gasteiger partial charge in [-0.3, -0.25) is 9.48 Å². The fraction of sp³-hybridized carbons (Fsp3) is 0.290. The van der Waals surface area contributed by atoms with Gasteiger partial charge in [-0.05, 0) is 47.2 Å². The summed E-state index contributed by atoms with van der Waals surface area (Å²) < 4.78 is 13.2. The van der Waals surface area contributed by atoms with Crippen molar-refractivity contribution < 1.29 is 14.3 Å². The topological polar surface area (TPSA) is 68.6 Å². The molecule has 1 saturated heterocycles. The third-order valence-electron chi connectivity index (χ3n) is 7.22. The van der Waals surface area contributed by atoms with Crippen LogP contribution in [0, 0.1) is 0 Å². The van der Waals surface area contributed by atoms with Gasteiger partial charge in [0.05, 0.1) is 18.8 Å². The number of anilines is 1. The molecule has 194 valence electrons. The molecule has 6 rings (SSSR count). The zero-order chi connectivity index (χ0) is 25.7. The number of nitrogens with zero attached hydrogens (tertiary/aromatic N) is 3. The summed E-state index contributed by atoms with van der Waals surface area (Å²) >= 11 is 0. The van der Waals surface area contributed by atoms with Crippen LogP contribution in [0.3, 0.4) is 0 Å². The molecule has 38 heavy (non-hydrogen) atoms. The molecule has 2 aliphatic rings. The molecule has 7 heteroatoms. The van der Waals surface area contributed by atoms with Crippen molar-refractivity contribution >= 4 is 11.6 Å². The van der Waals surface area contributed by atoms with Gasteiger partial charge in [-0.1, -0.05) is 66.7 Å². The summed E-state index contributed by atoms with van der Waals surface area (Å²) in [4.78, 5) is 14.7. The smallest absolute Gasteiger partial charge is 0.244 e. The molecule has 0 spiro atoms. The first kappa shape index (κ1) is 24.2. The van der Waals surface area contributed by atoms with Crippen molar-refractivity contribution in [1.29, 1.82) is 0 Å². The van der Waals surface area contributed by atoms with Crippen molar-refractivity contribution in [2.75, 3.05) is 31.6 Å². The number of hydrogen-bond acceptors (Lipinski definition) is 5. The maximum atomic E-state index is 12.9. The normalized spacial score (nSPS) is 15.3. The third-order valence-corrected chi connectivity index (χ3v) is 7.22. The Kier molecular flexibility index (Phi) is 7.09. The minimum absolute atomic E-state index is 0.0362. The summed E-state index contributed by atoms with van der Waals surface area (Å²) in [5.74, 6) is 0.560. The summed E-state index contributed by atoms with van der Waals surface area (Å²) in [6, 6.07) is 27.5. The van der Waals surface area contributed by atoms with Gasteiger partial charge >= 0.3 is 0 Å². The molecule has 1 aromatic heterocycles. The highest BCUT2D eigenvalue weighted by atomic mass is 16.5. The molecule has 0 saturated carbocycles. The Balaban J connectivity index is 1.18. The van der Waals surface area contributed by atoms with Gasteiger partial charge in [-0.2, -0.15) is 0 Å². The molecule has 3 aromatic carbocycles. The molecule has 1 aliphatic carbocycles. The molecule has 1 fully saturated rings. The maximum Gasteiger partial charge on any atom is 0.244 e. The monoisotopic (exact) mass is 508 g/mol. The standard InChI is InChI=1S/C31H32N4O3/c36-30(34-14-16-37-17-15-34)21-35-20-29(31(33-35)38-22-23-6-2-1-3-7-23)24-10-12-27(13-11-24)32-28-18-25-8-4-5-9-26(25)19-28/h1-13,20,28,32H,14-19,21-22H2. The average molecular weight is 509 g/mol. The first-order valence-corrected chi connectivity index (χ1v) is 13.2. The van der Waals surface area contributed by atoms with Crippen molar-refractivity contribution in [1.82, 2.24) is 14.7 Å². The SMILES string of the molecule is O=C(Cn1cc(-c2ccc(NC3Cc4ccccc4C3)cc2)c(OCc2ccccc2)n1)N1CCOCC1. The predicted molar refractivity (Wildman–Crippen MR) is 147 cm³/mol. The molecule has 1 amide bonds. The Morgan fingerprint density at radius 1 is 0.921 bits per heavy atom. The van der Waals surface area contributed by atoms with Crippen LogP contribution in [0.15, 0.2) is 85.1 Å². The second-order valence-corrected chi connectivity index (χ2v) is 9.91. The number of benzene rings is 3. The van der Waals surface area contributed by atoms with Crippen molar-refractivity contribution in [2.24, 2.45) is 0 Å². The number of rotatable bonds is 8. The number of carbonyl (C=O) groups is 1. The van der Waals surface area contributed by atoms with Crippen molar-refractivity contribution in [3.63, 3.8) is 0 Å². The molecule has 0 radical (unpaired) electrons. The molecular formula is C31H32N4O3. The number of aromatic nitrogens is 2. The minimum atomic E-state index is 0.0362. The Morgan fingerprint density at radius 3 is 2.32 bits per heavy atom. The van der Waals surface area contributed by atoms with Gasteiger partial charge in [0.25, 0.3) is 0 Å². The van der Waals surface area contributed by atoms with E-state index in [0.29, 0.717) is 44.8 Å². The lowest BCUT2D eigenvalue weighted by atomic mass is 10.1. The quantitative estimate of drug-likeness (QED) is 0.378. The predicted octanol–water partition coefficient (Wildman–Crippen LogP) is 4.57. The van der Waals surface area contributed by atoms with Crippen molar-refractivity contribution in [3.8, 4) is 17.0 Å². The first-order chi connectivity index (χ1) is 18.7. The van der Waals surface area contributed by atoms with Gasteiger partial charge < -0.3 is 19.7 Å². The van der Waals surface area contributed by atoms with E-state index in [9.17, 15) is 4.79 Å². The summed E-state index contributed by atoms with van der Waals surface area (Å²) in [7, 11) is 0. The summed E-state index contributed by atoms with van der Waals surface area (Å²) in [5, 5.41) is 8.35. The summed E-state index contributed by atoms with van der Waals surface area (Å²) in [6.45, 7) is 2.97. The van der Waals surface area contributed by atoms with E-state index in [1.54, 1.807) is 4.68 Å². The molecular weight excluding hydrogens is 476 g/mol. The summed E-state index contributed by atoms with van der Waals surface area (Å²) in [5.41, 5.74) is 6.89. The number of carbonyl (C=O) groups excluding carboxylic acids is 1. The van der Waals surface area contributed by atoms with E-state index in [2.05, 4.69) is 58.9 Å². The largest absolute Gasteiger partial charge is 0.471 e. The van der Waals surface area contributed by atoms with Gasteiger partial charge in [-0.15, -0.1) is 5.10 Å². The molecule has 1 N–H and O–H groups in total. The Bertz CT molecular complexity index is 1350. The van der Waals surface area contributed by atoms with Gasteiger partial charge in [0.15, 0.2) is 0 Å². The van der Waals surface area contributed by atoms with Gasteiger partial charge in [0.1, 0.15) is 13.2 Å². The first-order valence-electron chi connectivity index (χ1n) is 13.2. The van der Waals surface area contributed by atoms with Gasteiger partial charge in [0.2, 0.25) is 11.8 Å². The maximum absolute atomic E-state index is 12.9. The zero-order valence-corrected chi connectivity index (χ0v) is 21.4. The van der Waals surface area contributed by atoms with Crippen molar-refractivity contribution in [2.45, 2.75) is 32.0 Å². The van der Waals surface area contributed by atoms with Crippen LogP contribution in [0.2, 0.25) is 0 Å². The van der Waals surface area contributed by atoms with Crippen LogP contribution in [0.25, 0.3) is 11.1 Å². The fourth-order valence-electron chi connectivity index (χ4n) is 5.21. The Hall–Kier alpha value is -4.10. The van der Waals surface area contributed by atoms with E-state index >= 15 is 0 Å². The van der Waals surface area contributed by atoms with Crippen LogP contribution in [0.4, 0.5) is 5.69 Å². The van der Waals surface area contributed by atoms with Crippen LogP contribution >= 0.6 is 0 Å². The van der Waals surface area contributed by atoms with E-state index in [0.717, 1.165) is 35.2 Å². The number of hydrogen-bond donors (Lipinski definition) is 1. The minimum Gasteiger partial charge on any atom is -0.471 e. The lowest BCUT2D eigenvalue weighted by molar-refractivity contribution is -0.136. The molecule has 2 heterocycles. The number of nitrogens with one attached hydrogen (secondary N) is 1. The van der Waals surface area contributed by atoms with Crippen LogP contribution in [0.5, 0.6) is 5.88 Å². The Labute approximate surface area is 223 Å². The average Bonchev–Trinajstić information content (AvgIpc) is 3.56. The molecule has 4 aromatic rings. The molecule has 1 aliphatic heterocycles. The van der Waals surface area contributed by atoms with E-state index < -0.39 is 0 Å². The zero-order valence-electron chi connectivity index (χ0n) is 21.4. The lowest BCUT2D eigenvalue weighted by Gasteiger charge is -2.26. The van der Waals surface area contributed by atoms with Crippen LogP contribution in [-0.4, -0.2) is 52.9 Å². The van der Waals surface area contributed by atoms with E-state index in [4.69, 9.17) is 9.47 Å². The highest BCUT2D eigenvalue weighted by Crippen LogP contribution is 2.31. The van der Waals surface area contributed by atoms with Gasteiger partial charge in [-0.25, -0.2) is 0 Å². The molecule has 0 unspecified atom stereocenters. The second-order valence-electron chi connectivity index (χ2n) is 9.91. The van der Waals surface area contributed by atoms with Crippen molar-refractivity contribution in [3.05, 3.63) is 102 Å². The molecule has 0 bridgehead atoms. The Morgan fingerprint density at radius 2 is 1.61 bits per heavy atom. The molecule has 0 atom stereocenters. The third kappa shape index (κ3) is 5.58. The van der Waals surface area contributed by atoms with E-state index in [1.165, 1.54) is 11.1 Å². The fourth-order valence-corrected chi connectivity index (χ4v) is 5.21. The van der Waals surface area contributed by atoms with E-state index in [1.807, 2.05) is 41.4 Å². The number of morpholine rings is 1. The second kappa shape index (κ2) is 11.1. The number of fused-ring (bicyclic) bond motifs is 1. The lowest BCUT2D eigenvalue weighted by Crippen LogP contribution is -2.42. The highest BCUT2D eigenvalue weighted by molar-refractivity contribution is 5.77. The molecule has 7 nitrogen and oxygen atoms in total. The summed E-state index contributed by atoms with van der Waals surface area (Å²) in [6.07, 6.45) is 3.99. The van der Waals surface area contributed by atoms with E-state index in [-0.39, 0.29) is 12.5 Å². The highest BCUT2D eigenvalue weighted by Gasteiger charge is 2.22. The van der Waals surface area contributed by atoms with Crippen LogP contribution in [0.1, 0.15) is 16.7 Å². The van der Waals surface area contributed by atoms with Crippen LogP contribution in [-0.2, 0) is 35.5 Å². The van der Waals surface area contributed by atoms with Gasteiger partial charge in [0, 0.05) is 31.0 Å². The number of amides is 1. The number of ether oxygens (including phenoxy) is 2. The van der Waals surface area contributed by atoms with Crippen LogP contribution < -0.4 is 10.1 Å².